The van der Waals surface area contributed by atoms with E-state index in [1.807, 2.05) is 0 Å². The molecule has 0 spiro atoms. The summed E-state index contributed by atoms with van der Waals surface area (Å²) in [7, 11) is -16.4. The zero-order chi connectivity index (χ0) is 46.8. The van der Waals surface area contributed by atoms with Crippen molar-refractivity contribution in [2.45, 2.75) is 122 Å². The van der Waals surface area contributed by atoms with Crippen LogP contribution in [0.5, 0.6) is 0 Å². The molecular formula is C35H58N7O17P3S. The molecule has 3 rings (SSSR count). The molecule has 1 saturated heterocycles. The molecule has 0 bridgehead atoms. The van der Waals surface area contributed by atoms with Gasteiger partial charge in [0, 0.05) is 37.1 Å². The number of nitrogens with two attached hydrogens (primary N) is 1. The lowest BCUT2D eigenvalue weighted by Gasteiger charge is -2.30. The van der Waals surface area contributed by atoms with E-state index in [0.29, 0.717) is 5.75 Å². The SMILES string of the molecule is CCCCCCCCCCC#CCC(=O)SCCNC(=O)CCNC(=O)C(O)C(C)(C)COP(=O)(O)OP(=O)(O)OC[C@H]1O[C@@H](n2cnc3c(N)ncnc32)[C@H](O)[C@@H]1OP(=O)(O)O. The van der Waals surface area contributed by atoms with Gasteiger partial charge in [0.2, 0.25) is 16.9 Å². The average molecular weight is 974 g/mol. The predicted molar refractivity (Wildman–Crippen MR) is 227 cm³/mol. The fourth-order valence-corrected chi connectivity index (χ4v) is 9.35. The fourth-order valence-electron chi connectivity index (χ4n) is 5.92. The highest BCUT2D eigenvalue weighted by Crippen LogP contribution is 2.61. The van der Waals surface area contributed by atoms with Crippen molar-refractivity contribution in [3.8, 4) is 11.8 Å². The van der Waals surface area contributed by atoms with Crippen LogP contribution in [0.2, 0.25) is 0 Å². The van der Waals surface area contributed by atoms with Gasteiger partial charge in [-0.2, -0.15) is 4.31 Å². The number of nitrogens with zero attached hydrogens (tertiary/aromatic N) is 4. The van der Waals surface area contributed by atoms with Crippen LogP contribution in [0.1, 0.15) is 97.6 Å². The van der Waals surface area contributed by atoms with Crippen molar-refractivity contribution in [1.82, 2.24) is 30.2 Å². The highest BCUT2D eigenvalue weighted by molar-refractivity contribution is 8.13. The molecule has 24 nitrogen and oxygen atoms in total. The Bertz CT molecular complexity index is 2030. The lowest BCUT2D eigenvalue weighted by Crippen LogP contribution is -2.46. The lowest BCUT2D eigenvalue weighted by molar-refractivity contribution is -0.137. The van der Waals surface area contributed by atoms with Crippen LogP contribution < -0.4 is 16.4 Å². The standard InChI is InChI=1S/C35H58N7O17P3S/c1-4-5-6-7-8-9-10-11-12-13-14-15-26(44)63-19-18-37-25(43)16-17-38-33(47)30(46)35(2,3)21-56-62(53,54)59-61(51,52)55-20-24-29(58-60(48,49)50)28(45)34(57-24)42-23-41-27-31(36)39-22-40-32(27)42/h22-24,28-30,34,45-46H,4-12,15-21H2,1-3H3,(H,37,43)(H,38,47)(H,51,52)(H,53,54)(H2,36,39,40)(H2,48,49,50)/t24-,28-,29-,30?,34-/m1/s1. The molecule has 1 fully saturated rings. The number of nitrogen functional groups attached to an aromatic ring is 1. The average Bonchev–Trinajstić information content (AvgIpc) is 3.76. The number of hydrogen-bond donors (Lipinski definition) is 9. The van der Waals surface area contributed by atoms with E-state index in [0.717, 1.165) is 48.2 Å². The van der Waals surface area contributed by atoms with Crippen LogP contribution in [-0.4, -0.2) is 123 Å². The number of hydrogen-bond acceptors (Lipinski definition) is 18. The van der Waals surface area contributed by atoms with Crippen LogP contribution >= 0.6 is 35.2 Å². The van der Waals surface area contributed by atoms with Gasteiger partial charge in [-0.1, -0.05) is 83.4 Å². The topological polar surface area (TPSA) is 364 Å². The quantitative estimate of drug-likeness (QED) is 0.0336. The summed E-state index contributed by atoms with van der Waals surface area (Å²) >= 11 is 1.05. The summed E-state index contributed by atoms with van der Waals surface area (Å²) in [5.74, 6) is 4.79. The summed E-state index contributed by atoms with van der Waals surface area (Å²) in [6.45, 7) is 2.68. The van der Waals surface area contributed by atoms with Crippen LogP contribution in [0.4, 0.5) is 5.82 Å². The van der Waals surface area contributed by atoms with Crippen molar-refractivity contribution < 1.29 is 80.5 Å². The lowest BCUT2D eigenvalue weighted by atomic mass is 9.87. The molecule has 1 aliphatic rings. The summed E-state index contributed by atoms with van der Waals surface area (Å²) in [4.78, 5) is 88.0. The van der Waals surface area contributed by atoms with E-state index in [1.165, 1.54) is 52.4 Å². The van der Waals surface area contributed by atoms with Crippen molar-refractivity contribution in [3.05, 3.63) is 12.7 Å². The molecular weight excluding hydrogens is 915 g/mol. The maximum absolute atomic E-state index is 12.7. The number of carbonyl (C=O) groups is 3. The zero-order valence-corrected chi connectivity index (χ0v) is 38.6. The largest absolute Gasteiger partial charge is 0.481 e. The molecule has 0 saturated carbocycles. The molecule has 7 atom stereocenters. The molecule has 28 heteroatoms. The van der Waals surface area contributed by atoms with Crippen LogP contribution in [0.3, 0.4) is 0 Å². The molecule has 0 radical (unpaired) electrons. The zero-order valence-electron chi connectivity index (χ0n) is 35.1. The highest BCUT2D eigenvalue weighted by Gasteiger charge is 2.50. The molecule has 356 valence electrons. The first-order chi connectivity index (χ1) is 29.6. The first-order valence-corrected chi connectivity index (χ1v) is 25.6. The van der Waals surface area contributed by atoms with E-state index < -0.39 is 84.6 Å². The van der Waals surface area contributed by atoms with Crippen molar-refractivity contribution >= 4 is 69.1 Å². The van der Waals surface area contributed by atoms with Gasteiger partial charge in [-0.15, -0.1) is 5.92 Å². The van der Waals surface area contributed by atoms with Crippen molar-refractivity contribution in [2.75, 3.05) is 37.8 Å². The molecule has 3 unspecified atom stereocenters. The maximum atomic E-state index is 12.7. The molecule has 10 N–H and O–H groups in total. The van der Waals surface area contributed by atoms with Gasteiger partial charge in [0.05, 0.1) is 26.0 Å². The van der Waals surface area contributed by atoms with Crippen LogP contribution in [0.15, 0.2) is 12.7 Å². The van der Waals surface area contributed by atoms with Gasteiger partial charge in [0.15, 0.2) is 17.7 Å². The molecule has 3 heterocycles. The van der Waals surface area contributed by atoms with Crippen LogP contribution in [0.25, 0.3) is 11.2 Å². The number of amides is 2. The third-order valence-electron chi connectivity index (χ3n) is 9.28. The number of phosphoric ester groups is 3. The van der Waals surface area contributed by atoms with E-state index in [1.54, 1.807) is 0 Å². The summed E-state index contributed by atoms with van der Waals surface area (Å²) in [5, 5.41) is 26.4. The van der Waals surface area contributed by atoms with E-state index in [2.05, 4.69) is 53.2 Å². The summed E-state index contributed by atoms with van der Waals surface area (Å²) in [5.41, 5.74) is 4.27. The van der Waals surface area contributed by atoms with Crippen LogP contribution in [-0.2, 0) is 50.7 Å². The fraction of sp³-hybridized carbons (Fsp3) is 0.714. The van der Waals surface area contributed by atoms with Crippen molar-refractivity contribution in [2.24, 2.45) is 5.41 Å². The summed E-state index contributed by atoms with van der Waals surface area (Å²) < 4.78 is 62.3. The van der Waals surface area contributed by atoms with Gasteiger partial charge >= 0.3 is 23.5 Å². The molecule has 0 aromatic carbocycles. The number of unbranched alkanes of at least 4 members (excludes halogenated alkanes) is 8. The molecule has 2 aromatic rings. The minimum atomic E-state index is -5.58. The number of fused-ring (bicyclic) bond motifs is 1. The third kappa shape index (κ3) is 19.2. The second kappa shape index (κ2) is 25.7. The number of rotatable bonds is 28. The number of ether oxygens (including phenoxy) is 1. The predicted octanol–water partition coefficient (Wildman–Crippen LogP) is 2.59. The first-order valence-electron chi connectivity index (χ1n) is 20.1. The number of thioether (sulfide) groups is 1. The third-order valence-corrected chi connectivity index (χ3v) is 13.3. The Morgan fingerprint density at radius 2 is 1.63 bits per heavy atom. The minimum Gasteiger partial charge on any atom is -0.386 e. The monoisotopic (exact) mass is 973 g/mol. The van der Waals surface area contributed by atoms with Gasteiger partial charge in [0.1, 0.15) is 36.3 Å². The first kappa shape index (κ1) is 54.5. The number of imidazole rings is 1. The summed E-state index contributed by atoms with van der Waals surface area (Å²) in [6, 6.07) is 0. The van der Waals surface area contributed by atoms with Gasteiger partial charge in [-0.05, 0) is 6.42 Å². The van der Waals surface area contributed by atoms with Gasteiger partial charge in [0.25, 0.3) is 0 Å². The number of nitrogens with one attached hydrogen (secondary N) is 2. The van der Waals surface area contributed by atoms with Crippen molar-refractivity contribution in [3.63, 3.8) is 0 Å². The Hall–Kier alpha value is -2.88. The second-order valence-electron chi connectivity index (χ2n) is 15.0. The Labute approximate surface area is 368 Å². The number of aliphatic hydroxyl groups is 2. The molecule has 1 aliphatic heterocycles. The van der Waals surface area contributed by atoms with Gasteiger partial charge < -0.3 is 50.9 Å². The minimum absolute atomic E-state index is 0.0307. The maximum Gasteiger partial charge on any atom is 0.481 e. The Kier molecular flexibility index (Phi) is 22.2. The molecule has 0 aliphatic carbocycles. The van der Waals surface area contributed by atoms with Crippen LogP contribution in [0, 0.1) is 17.3 Å². The number of phosphoric acid groups is 3. The van der Waals surface area contributed by atoms with E-state index in [9.17, 15) is 57.9 Å². The normalized spacial score (nSPS) is 20.3. The van der Waals surface area contributed by atoms with Crippen molar-refractivity contribution in [1.29, 1.82) is 0 Å². The molecule has 63 heavy (non-hydrogen) atoms. The number of anilines is 1. The van der Waals surface area contributed by atoms with E-state index in [-0.39, 0.29) is 48.0 Å². The Morgan fingerprint density at radius 3 is 2.32 bits per heavy atom. The Morgan fingerprint density at radius 1 is 0.968 bits per heavy atom. The highest BCUT2D eigenvalue weighted by atomic mass is 32.2. The smallest absolute Gasteiger partial charge is 0.386 e. The molecule has 2 amide bonds. The molecule has 2 aromatic heterocycles. The van der Waals surface area contributed by atoms with E-state index in [4.69, 9.17) is 19.5 Å². The summed E-state index contributed by atoms with van der Waals surface area (Å²) in [6.07, 6.45) is 3.62. The van der Waals surface area contributed by atoms with Gasteiger partial charge in [-0.3, -0.25) is 32.5 Å². The van der Waals surface area contributed by atoms with Gasteiger partial charge in [-0.25, -0.2) is 28.6 Å². The Balaban J connectivity index is 1.37. The second-order valence-corrected chi connectivity index (χ2v) is 20.4. The number of aromatic nitrogens is 4. The number of carbonyl (C=O) groups excluding carboxylic acids is 3. The number of aliphatic hydroxyl groups excluding tert-OH is 2. The van der Waals surface area contributed by atoms with E-state index >= 15 is 0 Å².